The SMILES string of the molecule is Nc1ccc[nH]1.O=C(O)c1ccncc1. The molecular formula is C10H11N3O2. The van der Waals surface area contributed by atoms with Crippen LogP contribution in [0.15, 0.2) is 42.9 Å². The molecule has 0 unspecified atom stereocenters. The highest BCUT2D eigenvalue weighted by molar-refractivity contribution is 5.87. The number of aromatic amines is 1. The zero-order valence-electron chi connectivity index (χ0n) is 7.92. The highest BCUT2D eigenvalue weighted by Crippen LogP contribution is 1.93. The summed E-state index contributed by atoms with van der Waals surface area (Å²) in [6.45, 7) is 0. The first kappa shape index (κ1) is 10.8. The molecule has 5 heteroatoms. The molecule has 0 atom stereocenters. The molecule has 15 heavy (non-hydrogen) atoms. The molecule has 2 aromatic heterocycles. The van der Waals surface area contributed by atoms with Crippen molar-refractivity contribution in [2.75, 3.05) is 5.73 Å². The number of carboxylic acid groups (broad SMARTS) is 1. The first-order valence-electron chi connectivity index (χ1n) is 4.22. The topological polar surface area (TPSA) is 92.0 Å². The van der Waals surface area contributed by atoms with E-state index in [9.17, 15) is 4.79 Å². The van der Waals surface area contributed by atoms with Gasteiger partial charge in [0.05, 0.1) is 5.56 Å². The highest BCUT2D eigenvalue weighted by atomic mass is 16.4. The quantitative estimate of drug-likeness (QED) is 0.655. The largest absolute Gasteiger partial charge is 0.478 e. The Morgan fingerprint density at radius 2 is 2.00 bits per heavy atom. The minimum atomic E-state index is -0.919. The van der Waals surface area contributed by atoms with Gasteiger partial charge in [0.1, 0.15) is 5.82 Å². The molecule has 0 bridgehead atoms. The van der Waals surface area contributed by atoms with Crippen molar-refractivity contribution in [3.05, 3.63) is 48.4 Å². The van der Waals surface area contributed by atoms with Crippen LogP contribution >= 0.6 is 0 Å². The minimum Gasteiger partial charge on any atom is -0.478 e. The van der Waals surface area contributed by atoms with Crippen LogP contribution in [-0.2, 0) is 0 Å². The Morgan fingerprint density at radius 1 is 1.33 bits per heavy atom. The number of nitrogens with zero attached hydrogens (tertiary/aromatic N) is 1. The van der Waals surface area contributed by atoms with Crippen molar-refractivity contribution in [2.45, 2.75) is 0 Å². The number of carboxylic acids is 1. The normalized spacial score (nSPS) is 8.80. The summed E-state index contributed by atoms with van der Waals surface area (Å²) >= 11 is 0. The highest BCUT2D eigenvalue weighted by Gasteiger charge is 1.97. The monoisotopic (exact) mass is 205 g/mol. The first-order chi connectivity index (χ1) is 7.20. The number of carbonyl (C=O) groups is 1. The average molecular weight is 205 g/mol. The number of nitrogen functional groups attached to an aromatic ring is 1. The van der Waals surface area contributed by atoms with Gasteiger partial charge in [-0.2, -0.15) is 0 Å². The smallest absolute Gasteiger partial charge is 0.335 e. The van der Waals surface area contributed by atoms with Crippen molar-refractivity contribution in [2.24, 2.45) is 0 Å². The van der Waals surface area contributed by atoms with Crippen molar-refractivity contribution < 1.29 is 9.90 Å². The van der Waals surface area contributed by atoms with E-state index in [1.165, 1.54) is 24.5 Å². The predicted molar refractivity (Wildman–Crippen MR) is 56.4 cm³/mol. The fourth-order valence-electron chi connectivity index (χ4n) is 0.839. The summed E-state index contributed by atoms with van der Waals surface area (Å²) in [5.74, 6) is -0.201. The lowest BCUT2D eigenvalue weighted by molar-refractivity contribution is 0.0697. The van der Waals surface area contributed by atoms with E-state index >= 15 is 0 Å². The molecule has 78 valence electrons. The van der Waals surface area contributed by atoms with E-state index in [1.807, 2.05) is 6.07 Å². The number of hydrogen-bond acceptors (Lipinski definition) is 3. The maximum Gasteiger partial charge on any atom is 0.335 e. The summed E-state index contributed by atoms with van der Waals surface area (Å²) in [6, 6.07) is 6.56. The molecule has 0 saturated heterocycles. The van der Waals surface area contributed by atoms with Crippen LogP contribution in [-0.4, -0.2) is 21.0 Å². The van der Waals surface area contributed by atoms with E-state index < -0.39 is 5.97 Å². The van der Waals surface area contributed by atoms with Crippen LogP contribution in [0.3, 0.4) is 0 Å². The summed E-state index contributed by atoms with van der Waals surface area (Å²) < 4.78 is 0. The van der Waals surface area contributed by atoms with Crippen LogP contribution in [0.1, 0.15) is 10.4 Å². The summed E-state index contributed by atoms with van der Waals surface area (Å²) in [4.78, 5) is 16.6. The number of aromatic nitrogens is 2. The second kappa shape index (κ2) is 5.43. The fourth-order valence-corrected chi connectivity index (χ4v) is 0.839. The van der Waals surface area contributed by atoms with Crippen LogP contribution in [0.25, 0.3) is 0 Å². The van der Waals surface area contributed by atoms with Crippen molar-refractivity contribution in [3.63, 3.8) is 0 Å². The van der Waals surface area contributed by atoms with Crippen molar-refractivity contribution in [3.8, 4) is 0 Å². The van der Waals surface area contributed by atoms with Crippen molar-refractivity contribution in [1.82, 2.24) is 9.97 Å². The third-order valence-electron chi connectivity index (χ3n) is 1.55. The Hall–Kier alpha value is -2.30. The molecular weight excluding hydrogens is 194 g/mol. The number of H-pyrrole nitrogens is 1. The van der Waals surface area contributed by atoms with Gasteiger partial charge in [0.15, 0.2) is 0 Å². The van der Waals surface area contributed by atoms with Crippen LogP contribution in [0.4, 0.5) is 5.82 Å². The summed E-state index contributed by atoms with van der Waals surface area (Å²) in [5, 5.41) is 8.36. The lowest BCUT2D eigenvalue weighted by Crippen LogP contribution is -1.94. The van der Waals surface area contributed by atoms with E-state index in [-0.39, 0.29) is 5.56 Å². The van der Waals surface area contributed by atoms with Crippen LogP contribution < -0.4 is 5.73 Å². The molecule has 5 nitrogen and oxygen atoms in total. The molecule has 2 rings (SSSR count). The Bertz CT molecular complexity index is 398. The molecule has 0 aliphatic heterocycles. The Balaban J connectivity index is 0.000000162. The third kappa shape index (κ3) is 3.95. The number of aromatic carboxylic acids is 1. The number of anilines is 1. The van der Waals surface area contributed by atoms with Gasteiger partial charge in [-0.25, -0.2) is 4.79 Å². The zero-order chi connectivity index (χ0) is 11.1. The van der Waals surface area contributed by atoms with Crippen LogP contribution in [0.2, 0.25) is 0 Å². The molecule has 0 aromatic carbocycles. The van der Waals surface area contributed by atoms with E-state index in [2.05, 4.69) is 9.97 Å². The van der Waals surface area contributed by atoms with E-state index in [0.29, 0.717) is 0 Å². The number of nitrogens with one attached hydrogen (secondary N) is 1. The van der Waals surface area contributed by atoms with E-state index in [1.54, 1.807) is 12.3 Å². The number of pyridine rings is 1. The molecule has 4 N–H and O–H groups in total. The summed E-state index contributed by atoms with van der Waals surface area (Å²) in [7, 11) is 0. The molecule has 0 aliphatic rings. The van der Waals surface area contributed by atoms with Crippen LogP contribution in [0, 0.1) is 0 Å². The van der Waals surface area contributed by atoms with Gasteiger partial charge in [0.25, 0.3) is 0 Å². The second-order valence-electron chi connectivity index (χ2n) is 2.67. The van der Waals surface area contributed by atoms with Gasteiger partial charge >= 0.3 is 5.97 Å². The lowest BCUT2D eigenvalue weighted by Gasteiger charge is -1.87. The van der Waals surface area contributed by atoms with Gasteiger partial charge in [0, 0.05) is 18.6 Å². The summed E-state index contributed by atoms with van der Waals surface area (Å²) in [6.07, 6.45) is 4.68. The molecule has 0 fully saturated rings. The van der Waals surface area contributed by atoms with Crippen molar-refractivity contribution >= 4 is 11.8 Å². The average Bonchev–Trinajstić information content (AvgIpc) is 2.71. The molecule has 2 aromatic rings. The fraction of sp³-hybridized carbons (Fsp3) is 0. The van der Waals surface area contributed by atoms with Gasteiger partial charge in [-0.15, -0.1) is 0 Å². The first-order valence-corrected chi connectivity index (χ1v) is 4.22. The molecule has 0 saturated carbocycles. The van der Waals surface area contributed by atoms with Gasteiger partial charge in [-0.3, -0.25) is 4.98 Å². The maximum atomic E-state index is 10.2. The van der Waals surface area contributed by atoms with Crippen LogP contribution in [0.5, 0.6) is 0 Å². The number of hydrogen-bond donors (Lipinski definition) is 3. The third-order valence-corrected chi connectivity index (χ3v) is 1.55. The van der Waals surface area contributed by atoms with E-state index in [4.69, 9.17) is 10.8 Å². The standard InChI is InChI=1S/C6H5NO2.C4H6N2/c8-6(9)5-1-3-7-4-2-5;5-4-2-1-3-6-4/h1-4H,(H,8,9);1-3,6H,5H2. The lowest BCUT2D eigenvalue weighted by atomic mass is 10.3. The molecule has 0 aliphatic carbocycles. The molecule has 0 amide bonds. The molecule has 0 radical (unpaired) electrons. The Kier molecular flexibility index (Phi) is 3.91. The Morgan fingerprint density at radius 3 is 2.27 bits per heavy atom. The zero-order valence-corrected chi connectivity index (χ0v) is 7.92. The van der Waals surface area contributed by atoms with E-state index in [0.717, 1.165) is 5.82 Å². The number of nitrogens with two attached hydrogens (primary N) is 1. The van der Waals surface area contributed by atoms with Crippen molar-refractivity contribution in [1.29, 1.82) is 0 Å². The maximum absolute atomic E-state index is 10.2. The second-order valence-corrected chi connectivity index (χ2v) is 2.67. The van der Waals surface area contributed by atoms with Gasteiger partial charge in [-0.05, 0) is 24.3 Å². The predicted octanol–water partition coefficient (Wildman–Crippen LogP) is 1.38. The van der Waals surface area contributed by atoms with Gasteiger partial charge < -0.3 is 15.8 Å². The minimum absolute atomic E-state index is 0.269. The number of rotatable bonds is 1. The van der Waals surface area contributed by atoms with Gasteiger partial charge in [0.2, 0.25) is 0 Å². The molecule has 0 spiro atoms. The molecule has 2 heterocycles. The summed E-state index contributed by atoms with van der Waals surface area (Å²) in [5.41, 5.74) is 5.49. The Labute approximate surface area is 86.6 Å². The van der Waals surface area contributed by atoms with Gasteiger partial charge in [-0.1, -0.05) is 0 Å².